The molecular formula is C20H28N4O5. The van der Waals surface area contributed by atoms with Gasteiger partial charge in [0.1, 0.15) is 0 Å². The van der Waals surface area contributed by atoms with Gasteiger partial charge in [-0.25, -0.2) is 4.79 Å². The van der Waals surface area contributed by atoms with E-state index in [1.807, 2.05) is 4.90 Å². The van der Waals surface area contributed by atoms with Crippen LogP contribution in [0.2, 0.25) is 0 Å². The zero-order valence-electron chi connectivity index (χ0n) is 16.6. The van der Waals surface area contributed by atoms with Gasteiger partial charge in [0, 0.05) is 51.0 Å². The quantitative estimate of drug-likeness (QED) is 0.734. The van der Waals surface area contributed by atoms with Crippen LogP contribution in [0.15, 0.2) is 15.8 Å². The van der Waals surface area contributed by atoms with Gasteiger partial charge in [-0.05, 0) is 37.5 Å². The van der Waals surface area contributed by atoms with Crippen LogP contribution in [0.3, 0.4) is 0 Å². The zero-order chi connectivity index (χ0) is 20.4. The average molecular weight is 404 g/mol. The van der Waals surface area contributed by atoms with Crippen molar-refractivity contribution in [2.75, 3.05) is 32.8 Å². The lowest BCUT2D eigenvalue weighted by molar-refractivity contribution is -0.143. The van der Waals surface area contributed by atoms with E-state index < -0.39 is 11.2 Å². The monoisotopic (exact) mass is 404 g/mol. The van der Waals surface area contributed by atoms with Crippen molar-refractivity contribution in [1.29, 1.82) is 0 Å². The number of rotatable bonds is 4. The second-order valence-corrected chi connectivity index (χ2v) is 8.56. The van der Waals surface area contributed by atoms with Crippen molar-refractivity contribution in [2.45, 2.75) is 51.0 Å². The number of likely N-dealkylation sites (tertiary alicyclic amines) is 2. The van der Waals surface area contributed by atoms with Gasteiger partial charge >= 0.3 is 5.69 Å². The predicted octanol–water partition coefficient (Wildman–Crippen LogP) is 0.0159. The fraction of sp³-hybridized carbons (Fsp3) is 0.700. The molecule has 2 amide bonds. The third-order valence-electron chi connectivity index (χ3n) is 6.61. The minimum Gasteiger partial charge on any atom is -0.376 e. The second kappa shape index (κ2) is 8.14. The molecular weight excluding hydrogens is 376 g/mol. The molecule has 0 aromatic carbocycles. The maximum Gasteiger partial charge on any atom is 0.325 e. The molecule has 9 heteroatoms. The highest BCUT2D eigenvalue weighted by Crippen LogP contribution is 2.40. The first-order chi connectivity index (χ1) is 13.9. The van der Waals surface area contributed by atoms with Gasteiger partial charge in [0.2, 0.25) is 11.8 Å². The lowest BCUT2D eigenvalue weighted by atomic mass is 9.72. The molecule has 2 N–H and O–H groups in total. The summed E-state index contributed by atoms with van der Waals surface area (Å²) >= 11 is 0. The lowest BCUT2D eigenvalue weighted by Crippen LogP contribution is -2.53. The van der Waals surface area contributed by atoms with Crippen LogP contribution in [0.1, 0.15) is 44.1 Å². The summed E-state index contributed by atoms with van der Waals surface area (Å²) in [5, 5.41) is 0. The van der Waals surface area contributed by atoms with E-state index in [0.717, 1.165) is 45.3 Å². The van der Waals surface area contributed by atoms with E-state index in [0.29, 0.717) is 26.1 Å². The Morgan fingerprint density at radius 2 is 2.00 bits per heavy atom. The number of carbonyl (C=O) groups excluding carboxylic acids is 2. The first-order valence-electron chi connectivity index (χ1n) is 10.4. The van der Waals surface area contributed by atoms with Crippen molar-refractivity contribution in [2.24, 2.45) is 5.41 Å². The van der Waals surface area contributed by atoms with Crippen molar-refractivity contribution < 1.29 is 14.3 Å². The fourth-order valence-electron chi connectivity index (χ4n) is 4.79. The second-order valence-electron chi connectivity index (χ2n) is 8.56. The molecule has 3 fully saturated rings. The van der Waals surface area contributed by atoms with Gasteiger partial charge in [0.05, 0.1) is 12.5 Å². The number of nitrogens with zero attached hydrogens (tertiary/aromatic N) is 2. The summed E-state index contributed by atoms with van der Waals surface area (Å²) in [6.07, 6.45) is 6.67. The maximum absolute atomic E-state index is 12.6. The standard InChI is InChI=1S/C20H28N4O5/c25-16-3-4-20(13-24(16)12-15-2-1-9-29-15)5-7-23(8-6-20)17(26)10-14-11-21-19(28)22-18(14)27/h11,15H,1-10,12-13H2,(H2,21,22,27,28). The molecule has 0 radical (unpaired) electrons. The normalized spacial score (nSPS) is 24.3. The highest BCUT2D eigenvalue weighted by Gasteiger charge is 2.42. The molecule has 1 aromatic heterocycles. The summed E-state index contributed by atoms with van der Waals surface area (Å²) < 4.78 is 5.70. The Morgan fingerprint density at radius 1 is 1.21 bits per heavy atom. The van der Waals surface area contributed by atoms with E-state index in [4.69, 9.17) is 4.74 Å². The molecule has 158 valence electrons. The van der Waals surface area contributed by atoms with Gasteiger partial charge in [-0.3, -0.25) is 19.4 Å². The predicted molar refractivity (Wildman–Crippen MR) is 104 cm³/mol. The molecule has 1 aromatic rings. The van der Waals surface area contributed by atoms with Crippen LogP contribution in [0.5, 0.6) is 0 Å². The molecule has 0 bridgehead atoms. The van der Waals surface area contributed by atoms with Crippen LogP contribution in [0.4, 0.5) is 0 Å². The number of ether oxygens (including phenoxy) is 1. The molecule has 3 aliphatic rings. The van der Waals surface area contributed by atoms with Gasteiger partial charge < -0.3 is 19.5 Å². The van der Waals surface area contributed by atoms with Crippen molar-refractivity contribution in [3.63, 3.8) is 0 Å². The van der Waals surface area contributed by atoms with E-state index in [9.17, 15) is 19.2 Å². The Kier molecular flexibility index (Phi) is 5.58. The van der Waals surface area contributed by atoms with Crippen LogP contribution in [0, 0.1) is 5.41 Å². The Balaban J connectivity index is 1.34. The van der Waals surface area contributed by atoms with E-state index in [-0.39, 0.29) is 35.3 Å². The van der Waals surface area contributed by atoms with Crippen molar-refractivity contribution >= 4 is 11.8 Å². The van der Waals surface area contributed by atoms with E-state index >= 15 is 0 Å². The average Bonchev–Trinajstić information content (AvgIpc) is 3.21. The number of aromatic nitrogens is 2. The van der Waals surface area contributed by atoms with Crippen molar-refractivity contribution in [3.8, 4) is 0 Å². The van der Waals surface area contributed by atoms with Crippen LogP contribution < -0.4 is 11.2 Å². The Labute approximate surface area is 168 Å². The summed E-state index contributed by atoms with van der Waals surface area (Å²) in [4.78, 5) is 56.3. The molecule has 9 nitrogen and oxygen atoms in total. The summed E-state index contributed by atoms with van der Waals surface area (Å²) in [6.45, 7) is 3.46. The molecule has 1 spiro atoms. The van der Waals surface area contributed by atoms with E-state index in [1.54, 1.807) is 4.90 Å². The van der Waals surface area contributed by atoms with Gasteiger partial charge in [-0.1, -0.05) is 0 Å². The SMILES string of the molecule is O=C(Cc1c[nH]c(=O)[nH]c1=O)N1CCC2(CCC(=O)N(CC3CCCO3)C2)CC1. The largest absolute Gasteiger partial charge is 0.376 e. The first-order valence-corrected chi connectivity index (χ1v) is 10.4. The van der Waals surface area contributed by atoms with Gasteiger partial charge in [0.15, 0.2) is 0 Å². The molecule has 4 rings (SSSR count). The molecule has 3 saturated heterocycles. The molecule has 3 aliphatic heterocycles. The third-order valence-corrected chi connectivity index (χ3v) is 6.61. The summed E-state index contributed by atoms with van der Waals surface area (Å²) in [6, 6.07) is 0. The Hall–Kier alpha value is -2.42. The number of piperidine rings is 2. The van der Waals surface area contributed by atoms with Crippen LogP contribution in [0.25, 0.3) is 0 Å². The Bertz CT molecular complexity index is 877. The summed E-state index contributed by atoms with van der Waals surface area (Å²) in [5.41, 5.74) is -0.767. The van der Waals surface area contributed by atoms with Crippen LogP contribution in [-0.4, -0.2) is 70.5 Å². The van der Waals surface area contributed by atoms with Gasteiger partial charge in [-0.2, -0.15) is 0 Å². The fourth-order valence-corrected chi connectivity index (χ4v) is 4.79. The molecule has 0 aliphatic carbocycles. The first kappa shape index (κ1) is 19.9. The van der Waals surface area contributed by atoms with Crippen LogP contribution >= 0.6 is 0 Å². The Morgan fingerprint density at radius 3 is 2.69 bits per heavy atom. The van der Waals surface area contributed by atoms with Crippen molar-refractivity contribution in [1.82, 2.24) is 19.8 Å². The number of carbonyl (C=O) groups is 2. The maximum atomic E-state index is 12.6. The minimum absolute atomic E-state index is 0.0251. The molecule has 0 saturated carbocycles. The molecule has 29 heavy (non-hydrogen) atoms. The third kappa shape index (κ3) is 4.44. The van der Waals surface area contributed by atoms with Crippen molar-refractivity contribution in [3.05, 3.63) is 32.6 Å². The topological polar surface area (TPSA) is 116 Å². The molecule has 4 heterocycles. The van der Waals surface area contributed by atoms with E-state index in [1.165, 1.54) is 6.20 Å². The molecule has 1 unspecified atom stereocenters. The number of hydrogen-bond acceptors (Lipinski definition) is 5. The van der Waals surface area contributed by atoms with E-state index in [2.05, 4.69) is 9.97 Å². The minimum atomic E-state index is -0.578. The van der Waals surface area contributed by atoms with Gasteiger partial charge in [0.25, 0.3) is 5.56 Å². The number of amides is 2. The zero-order valence-corrected chi connectivity index (χ0v) is 16.6. The number of H-pyrrole nitrogens is 2. The highest BCUT2D eigenvalue weighted by atomic mass is 16.5. The molecule has 1 atom stereocenters. The summed E-state index contributed by atoms with van der Waals surface area (Å²) in [7, 11) is 0. The number of hydrogen-bond donors (Lipinski definition) is 2. The number of nitrogens with one attached hydrogen (secondary N) is 2. The lowest BCUT2D eigenvalue weighted by Gasteiger charge is -2.47. The van der Waals surface area contributed by atoms with Crippen LogP contribution in [-0.2, 0) is 20.7 Å². The summed E-state index contributed by atoms with van der Waals surface area (Å²) in [5.74, 6) is 0.0995. The highest BCUT2D eigenvalue weighted by molar-refractivity contribution is 5.79. The number of aromatic amines is 2. The van der Waals surface area contributed by atoms with Gasteiger partial charge in [-0.15, -0.1) is 0 Å². The smallest absolute Gasteiger partial charge is 0.325 e.